The van der Waals surface area contributed by atoms with Crippen LogP contribution in [0.2, 0.25) is 0 Å². The van der Waals surface area contributed by atoms with E-state index in [1.165, 1.54) is 5.56 Å². The van der Waals surface area contributed by atoms with Crippen molar-refractivity contribution < 1.29 is 19.1 Å². The van der Waals surface area contributed by atoms with Crippen LogP contribution in [0.25, 0.3) is 44.3 Å². The number of aromatic nitrogens is 4. The molecule has 0 fully saturated rings. The lowest BCUT2D eigenvalue weighted by atomic mass is 10.1. The Morgan fingerprint density at radius 2 is 1.22 bits per heavy atom. The molecule has 0 radical (unpaired) electrons. The second-order valence-electron chi connectivity index (χ2n) is 11.0. The molecule has 0 bridgehead atoms. The third kappa shape index (κ3) is 9.94. The summed E-state index contributed by atoms with van der Waals surface area (Å²) in [4.78, 5) is 31.3. The summed E-state index contributed by atoms with van der Waals surface area (Å²) >= 11 is 0. The summed E-state index contributed by atoms with van der Waals surface area (Å²) in [5, 5.41) is 3.04. The molecule has 4 aromatic carbocycles. The highest BCUT2D eigenvalue weighted by atomic mass is 16.5. The number of nitrogens with two attached hydrogens (primary N) is 1. The van der Waals surface area contributed by atoms with Gasteiger partial charge in [0, 0.05) is 26.3 Å². The number of ether oxygens (including phenoxy) is 2. The van der Waals surface area contributed by atoms with Crippen molar-refractivity contribution >= 4 is 34.3 Å². The summed E-state index contributed by atoms with van der Waals surface area (Å²) in [5.74, 6) is 0.930. The standard InChI is InChI=1S/C20H24N4O2.C18H18N2O2.C2H6/c1-2-26-11-10-24-18-12-16(15-6-4-3-5-7-15)8-9-17(18)23-20(24)14-22-13-19(21)25;1-2-22-11-10-20-17-12-15(14-6-4-3-5-7-14)8-9-16(17)19-18(20)13-21;1-2/h3-9,12,22H,2,10-11,13-14H2,1H3,(H2,21,25);3-9,12-13H,2,10-11H2,1H3;1-2H3. The quantitative estimate of drug-likeness (QED) is 0.0896. The summed E-state index contributed by atoms with van der Waals surface area (Å²) in [6, 6.07) is 32.8. The molecule has 0 saturated heterocycles. The van der Waals surface area contributed by atoms with Gasteiger partial charge in [0.25, 0.3) is 0 Å². The van der Waals surface area contributed by atoms with Crippen LogP contribution in [0.15, 0.2) is 97.1 Å². The maximum absolute atomic E-state index is 11.3. The fourth-order valence-corrected chi connectivity index (χ4v) is 5.54. The number of rotatable bonds is 15. The third-order valence-electron chi connectivity index (χ3n) is 7.83. The van der Waals surface area contributed by atoms with Crippen molar-refractivity contribution in [3.8, 4) is 22.3 Å². The molecule has 262 valence electrons. The molecule has 0 aliphatic rings. The number of nitrogens with zero attached hydrogens (tertiary/aromatic N) is 4. The van der Waals surface area contributed by atoms with Crippen LogP contribution >= 0.6 is 0 Å². The average molecular weight is 677 g/mol. The first-order valence-electron chi connectivity index (χ1n) is 17.2. The Morgan fingerprint density at radius 1 is 0.720 bits per heavy atom. The average Bonchev–Trinajstić information content (AvgIpc) is 3.70. The minimum absolute atomic E-state index is 0.129. The molecule has 0 unspecified atom stereocenters. The van der Waals surface area contributed by atoms with Gasteiger partial charge in [-0.2, -0.15) is 0 Å². The Kier molecular flexibility index (Phi) is 14.9. The molecule has 0 aliphatic heterocycles. The first kappa shape index (κ1) is 37.7. The summed E-state index contributed by atoms with van der Waals surface area (Å²) in [6.07, 6.45) is 0.800. The Hall–Kier alpha value is -5.16. The second kappa shape index (κ2) is 19.7. The van der Waals surface area contributed by atoms with Crippen LogP contribution in [0.4, 0.5) is 0 Å². The Morgan fingerprint density at radius 3 is 1.72 bits per heavy atom. The smallest absolute Gasteiger partial charge is 0.231 e. The fraction of sp³-hybridized carbons (Fsp3) is 0.300. The first-order chi connectivity index (χ1) is 24.5. The van der Waals surface area contributed by atoms with E-state index in [0.29, 0.717) is 51.9 Å². The topological polar surface area (TPSA) is 126 Å². The van der Waals surface area contributed by atoms with Crippen molar-refractivity contribution in [1.29, 1.82) is 0 Å². The number of benzene rings is 4. The van der Waals surface area contributed by atoms with E-state index >= 15 is 0 Å². The van der Waals surface area contributed by atoms with Crippen LogP contribution < -0.4 is 11.1 Å². The second-order valence-corrected chi connectivity index (χ2v) is 11.0. The highest BCUT2D eigenvalue weighted by molar-refractivity contribution is 5.87. The number of imidazole rings is 2. The number of primary amides is 1. The molecule has 0 saturated carbocycles. The maximum atomic E-state index is 11.3. The molecule has 10 heteroatoms. The molecule has 0 spiro atoms. The predicted molar refractivity (Wildman–Crippen MR) is 201 cm³/mol. The van der Waals surface area contributed by atoms with Crippen LogP contribution in [0.1, 0.15) is 44.1 Å². The molecule has 3 N–H and O–H groups in total. The van der Waals surface area contributed by atoms with Gasteiger partial charge in [0.2, 0.25) is 5.91 Å². The van der Waals surface area contributed by atoms with E-state index in [1.807, 2.05) is 86.9 Å². The van der Waals surface area contributed by atoms with E-state index < -0.39 is 0 Å². The van der Waals surface area contributed by atoms with Crippen LogP contribution in [0.5, 0.6) is 0 Å². The van der Waals surface area contributed by atoms with Crippen LogP contribution in [-0.2, 0) is 33.9 Å². The molecule has 1 amide bonds. The summed E-state index contributed by atoms with van der Waals surface area (Å²) in [5.41, 5.74) is 13.6. The van der Waals surface area contributed by atoms with Crippen molar-refractivity contribution in [2.24, 2.45) is 5.73 Å². The van der Waals surface area contributed by atoms with Gasteiger partial charge < -0.3 is 29.7 Å². The number of fused-ring (bicyclic) bond motifs is 2. The van der Waals surface area contributed by atoms with Crippen LogP contribution in [0, 0.1) is 0 Å². The zero-order chi connectivity index (χ0) is 35.7. The molecule has 0 aliphatic carbocycles. The molecule has 10 nitrogen and oxygen atoms in total. The highest BCUT2D eigenvalue weighted by Gasteiger charge is 2.13. The molecule has 0 atom stereocenters. The normalized spacial score (nSPS) is 10.7. The Bertz CT molecular complexity index is 1940. The van der Waals surface area contributed by atoms with Gasteiger partial charge >= 0.3 is 0 Å². The van der Waals surface area contributed by atoms with Crippen molar-refractivity contribution in [3.63, 3.8) is 0 Å². The SMILES string of the molecule is CC.CCOCCn1c(C=O)nc2ccc(-c3ccccc3)cc21.CCOCCn1c(CNCC(N)=O)nc2ccc(-c3ccccc3)cc21. The first-order valence-corrected chi connectivity index (χ1v) is 17.2. The molecule has 6 rings (SSSR count). The van der Waals surface area contributed by atoms with E-state index in [1.54, 1.807) is 0 Å². The van der Waals surface area contributed by atoms with Crippen LogP contribution in [0.3, 0.4) is 0 Å². The van der Waals surface area contributed by atoms with Crippen molar-refractivity contribution in [3.05, 3.63) is 109 Å². The highest BCUT2D eigenvalue weighted by Crippen LogP contribution is 2.26. The zero-order valence-corrected chi connectivity index (χ0v) is 29.5. The van der Waals surface area contributed by atoms with E-state index in [9.17, 15) is 9.59 Å². The number of aldehydes is 1. The van der Waals surface area contributed by atoms with E-state index in [2.05, 4.69) is 57.3 Å². The number of amides is 1. The van der Waals surface area contributed by atoms with Gasteiger partial charge in [-0.1, -0.05) is 86.6 Å². The van der Waals surface area contributed by atoms with Gasteiger partial charge in [-0.05, 0) is 60.4 Å². The predicted octanol–water partition coefficient (Wildman–Crippen LogP) is 6.89. The molecular weight excluding hydrogens is 628 g/mol. The van der Waals surface area contributed by atoms with E-state index in [-0.39, 0.29) is 12.5 Å². The van der Waals surface area contributed by atoms with Gasteiger partial charge in [0.1, 0.15) is 5.82 Å². The van der Waals surface area contributed by atoms with Crippen molar-refractivity contribution in [2.45, 2.75) is 47.3 Å². The Balaban J connectivity index is 0.000000217. The van der Waals surface area contributed by atoms with Gasteiger partial charge in [-0.15, -0.1) is 0 Å². The maximum Gasteiger partial charge on any atom is 0.231 e. The van der Waals surface area contributed by atoms with Crippen molar-refractivity contribution in [1.82, 2.24) is 24.4 Å². The monoisotopic (exact) mass is 676 g/mol. The number of nitrogens with one attached hydrogen (secondary N) is 1. The molecular formula is C40H48N6O4. The molecule has 2 aromatic heterocycles. The summed E-state index contributed by atoms with van der Waals surface area (Å²) in [6.45, 7) is 12.4. The lowest BCUT2D eigenvalue weighted by Gasteiger charge is -2.10. The lowest BCUT2D eigenvalue weighted by molar-refractivity contribution is -0.117. The number of hydrogen-bond donors (Lipinski definition) is 2. The third-order valence-corrected chi connectivity index (χ3v) is 7.83. The van der Waals surface area contributed by atoms with Crippen LogP contribution in [-0.4, -0.2) is 64.3 Å². The van der Waals surface area contributed by atoms with Crippen molar-refractivity contribution in [2.75, 3.05) is 33.0 Å². The summed E-state index contributed by atoms with van der Waals surface area (Å²) < 4.78 is 15.0. The number of carbonyl (C=O) groups excluding carboxylic acids is 2. The minimum atomic E-state index is -0.381. The largest absolute Gasteiger partial charge is 0.380 e. The van der Waals surface area contributed by atoms with Gasteiger partial charge in [0.05, 0.1) is 48.4 Å². The van der Waals surface area contributed by atoms with Gasteiger partial charge in [0.15, 0.2) is 12.1 Å². The number of hydrogen-bond acceptors (Lipinski definition) is 7. The fourth-order valence-electron chi connectivity index (χ4n) is 5.54. The minimum Gasteiger partial charge on any atom is -0.380 e. The van der Waals surface area contributed by atoms with E-state index in [0.717, 1.165) is 50.9 Å². The molecule has 2 heterocycles. The lowest BCUT2D eigenvalue weighted by Crippen LogP contribution is -2.29. The van der Waals surface area contributed by atoms with Gasteiger partial charge in [-0.25, -0.2) is 9.97 Å². The van der Waals surface area contributed by atoms with Gasteiger partial charge in [-0.3, -0.25) is 9.59 Å². The van der Waals surface area contributed by atoms with E-state index in [4.69, 9.17) is 20.2 Å². The Labute approximate surface area is 294 Å². The summed E-state index contributed by atoms with van der Waals surface area (Å²) in [7, 11) is 0. The number of carbonyl (C=O) groups is 2. The zero-order valence-electron chi connectivity index (χ0n) is 29.5. The molecule has 6 aromatic rings. The molecule has 50 heavy (non-hydrogen) atoms.